The summed E-state index contributed by atoms with van der Waals surface area (Å²) in [6.07, 6.45) is -0.116. The van der Waals surface area contributed by atoms with Crippen LogP contribution >= 0.6 is 0 Å². The quantitative estimate of drug-likeness (QED) is 0.753. The van der Waals surface area contributed by atoms with Gasteiger partial charge in [0.2, 0.25) is 0 Å². The maximum Gasteiger partial charge on any atom is 0.335 e. The maximum absolute atomic E-state index is 10.9. The predicted molar refractivity (Wildman–Crippen MR) is 61.3 cm³/mol. The number of aromatic nitrogens is 1. The van der Waals surface area contributed by atoms with Crippen molar-refractivity contribution in [2.45, 2.75) is 13.3 Å². The first kappa shape index (κ1) is 11.2. The highest BCUT2D eigenvalue weighted by molar-refractivity contribution is 5.96. The van der Waals surface area contributed by atoms with E-state index in [1.165, 1.54) is 12.1 Å². The number of hydrogen-bond donors (Lipinski definition) is 3. The number of fused-ring (bicyclic) bond motifs is 1. The third kappa shape index (κ3) is 1.99. The highest BCUT2D eigenvalue weighted by Gasteiger charge is 2.13. The molecule has 1 aromatic heterocycles. The van der Waals surface area contributed by atoms with Crippen LogP contribution in [0.25, 0.3) is 10.9 Å². The zero-order valence-electron chi connectivity index (χ0n) is 9.15. The fourth-order valence-electron chi connectivity index (χ4n) is 1.89. The summed E-state index contributed by atoms with van der Waals surface area (Å²) in [5, 5.41) is 18.4. The molecule has 1 aromatic carbocycles. The molecule has 3 N–H and O–H groups in total. The van der Waals surface area contributed by atoms with Crippen molar-refractivity contribution >= 4 is 22.8 Å². The Labute approximate surface area is 96.7 Å². The van der Waals surface area contributed by atoms with Gasteiger partial charge in [-0.15, -0.1) is 0 Å². The van der Waals surface area contributed by atoms with Gasteiger partial charge in [0.05, 0.1) is 12.0 Å². The van der Waals surface area contributed by atoms with Crippen LogP contribution in [0.3, 0.4) is 0 Å². The molecule has 0 bridgehead atoms. The minimum absolute atomic E-state index is 0.116. The summed E-state index contributed by atoms with van der Waals surface area (Å²) in [6.45, 7) is 1.78. The Morgan fingerprint density at radius 2 is 2.00 bits per heavy atom. The third-order valence-corrected chi connectivity index (χ3v) is 2.69. The number of aromatic carboxylic acids is 1. The lowest BCUT2D eigenvalue weighted by Gasteiger charge is -1.98. The van der Waals surface area contributed by atoms with Gasteiger partial charge in [-0.25, -0.2) is 4.79 Å². The molecule has 17 heavy (non-hydrogen) atoms. The Bertz CT molecular complexity index is 612. The molecular weight excluding hydrogens is 222 g/mol. The minimum Gasteiger partial charge on any atom is -0.481 e. The van der Waals surface area contributed by atoms with Crippen LogP contribution in [0.5, 0.6) is 0 Å². The van der Waals surface area contributed by atoms with Crippen LogP contribution in [0.4, 0.5) is 0 Å². The molecule has 0 radical (unpaired) electrons. The van der Waals surface area contributed by atoms with E-state index in [1.54, 1.807) is 13.0 Å². The van der Waals surface area contributed by atoms with Gasteiger partial charge < -0.3 is 15.2 Å². The van der Waals surface area contributed by atoms with Gasteiger partial charge in [0.15, 0.2) is 0 Å². The number of hydrogen-bond acceptors (Lipinski definition) is 2. The summed E-state index contributed by atoms with van der Waals surface area (Å²) in [7, 11) is 0. The van der Waals surface area contributed by atoms with Gasteiger partial charge in [-0.1, -0.05) is 0 Å². The van der Waals surface area contributed by atoms with E-state index in [9.17, 15) is 9.59 Å². The summed E-state index contributed by atoms with van der Waals surface area (Å²) >= 11 is 0. The van der Waals surface area contributed by atoms with E-state index >= 15 is 0 Å². The summed E-state index contributed by atoms with van der Waals surface area (Å²) in [4.78, 5) is 24.7. The van der Waals surface area contributed by atoms with Crippen molar-refractivity contribution < 1.29 is 19.8 Å². The lowest BCUT2D eigenvalue weighted by atomic mass is 10.1. The van der Waals surface area contributed by atoms with Crippen molar-refractivity contribution in [3.8, 4) is 0 Å². The molecule has 2 aromatic rings. The molecule has 0 saturated heterocycles. The highest BCUT2D eigenvalue weighted by atomic mass is 16.4. The van der Waals surface area contributed by atoms with Crippen molar-refractivity contribution in [1.29, 1.82) is 0 Å². The Morgan fingerprint density at radius 3 is 2.59 bits per heavy atom. The SMILES string of the molecule is Cc1[nH]c2ccc(C(=O)O)cc2c1CC(=O)O. The number of benzene rings is 1. The number of carboxylic acids is 2. The number of aryl methyl sites for hydroxylation is 1. The fourth-order valence-corrected chi connectivity index (χ4v) is 1.89. The Kier molecular flexibility index (Phi) is 2.59. The first-order chi connectivity index (χ1) is 7.99. The largest absolute Gasteiger partial charge is 0.481 e. The average Bonchev–Trinajstić information content (AvgIpc) is 2.54. The van der Waals surface area contributed by atoms with Crippen molar-refractivity contribution in [2.75, 3.05) is 0 Å². The summed E-state index contributed by atoms with van der Waals surface area (Å²) < 4.78 is 0. The second-order valence-corrected chi connectivity index (χ2v) is 3.86. The fraction of sp³-hybridized carbons (Fsp3) is 0.167. The molecule has 0 unspecified atom stereocenters. The zero-order chi connectivity index (χ0) is 12.6. The van der Waals surface area contributed by atoms with Gasteiger partial charge in [0.1, 0.15) is 0 Å². The molecule has 5 nitrogen and oxygen atoms in total. The van der Waals surface area contributed by atoms with E-state index in [4.69, 9.17) is 10.2 Å². The molecule has 1 heterocycles. The molecule has 0 amide bonds. The smallest absolute Gasteiger partial charge is 0.335 e. The second-order valence-electron chi connectivity index (χ2n) is 3.86. The number of carboxylic acid groups (broad SMARTS) is 2. The Balaban J connectivity index is 2.64. The number of aromatic amines is 1. The van der Waals surface area contributed by atoms with Crippen LogP contribution in [-0.2, 0) is 11.2 Å². The van der Waals surface area contributed by atoms with Gasteiger partial charge in [-0.3, -0.25) is 4.79 Å². The van der Waals surface area contributed by atoms with E-state index in [1.807, 2.05) is 0 Å². The number of aliphatic carboxylic acids is 1. The molecule has 5 heteroatoms. The first-order valence-electron chi connectivity index (χ1n) is 5.05. The molecule has 0 aliphatic carbocycles. The van der Waals surface area contributed by atoms with Gasteiger partial charge in [0.25, 0.3) is 0 Å². The standard InChI is InChI=1S/C12H11NO4/c1-6-8(5-11(14)15)9-4-7(12(16)17)2-3-10(9)13-6/h2-4,13H,5H2,1H3,(H,14,15)(H,16,17). The van der Waals surface area contributed by atoms with Gasteiger partial charge in [0, 0.05) is 16.6 Å². The van der Waals surface area contributed by atoms with Crippen LogP contribution in [0.1, 0.15) is 21.6 Å². The number of H-pyrrole nitrogens is 1. The maximum atomic E-state index is 10.9. The van der Waals surface area contributed by atoms with Crippen LogP contribution in [0.2, 0.25) is 0 Å². The van der Waals surface area contributed by atoms with Gasteiger partial charge >= 0.3 is 11.9 Å². The van der Waals surface area contributed by atoms with Crippen molar-refractivity contribution in [2.24, 2.45) is 0 Å². The van der Waals surface area contributed by atoms with E-state index in [0.29, 0.717) is 10.9 Å². The topological polar surface area (TPSA) is 90.4 Å². The third-order valence-electron chi connectivity index (χ3n) is 2.69. The van der Waals surface area contributed by atoms with E-state index < -0.39 is 11.9 Å². The highest BCUT2D eigenvalue weighted by Crippen LogP contribution is 2.24. The van der Waals surface area contributed by atoms with Crippen molar-refractivity contribution in [3.63, 3.8) is 0 Å². The zero-order valence-corrected chi connectivity index (χ0v) is 9.15. The van der Waals surface area contributed by atoms with Crippen molar-refractivity contribution in [1.82, 2.24) is 4.98 Å². The number of nitrogens with one attached hydrogen (secondary N) is 1. The lowest BCUT2D eigenvalue weighted by Crippen LogP contribution is -2.01. The molecule has 88 valence electrons. The number of carbonyl (C=O) groups is 2. The van der Waals surface area contributed by atoms with E-state index in [2.05, 4.69) is 4.98 Å². The molecule has 2 rings (SSSR count). The molecule has 0 spiro atoms. The predicted octanol–water partition coefficient (Wildman–Crippen LogP) is 1.80. The van der Waals surface area contributed by atoms with Crippen LogP contribution in [0, 0.1) is 6.92 Å². The monoisotopic (exact) mass is 233 g/mol. The van der Waals surface area contributed by atoms with Crippen LogP contribution in [0.15, 0.2) is 18.2 Å². The lowest BCUT2D eigenvalue weighted by molar-refractivity contribution is -0.136. The van der Waals surface area contributed by atoms with E-state index in [0.717, 1.165) is 11.2 Å². The minimum atomic E-state index is -1.02. The normalized spacial score (nSPS) is 10.6. The molecule has 0 aliphatic heterocycles. The van der Waals surface area contributed by atoms with Crippen LogP contribution < -0.4 is 0 Å². The Morgan fingerprint density at radius 1 is 1.29 bits per heavy atom. The van der Waals surface area contributed by atoms with Gasteiger partial charge in [-0.2, -0.15) is 0 Å². The van der Waals surface area contributed by atoms with Crippen LogP contribution in [-0.4, -0.2) is 27.1 Å². The Hall–Kier alpha value is -2.30. The second kappa shape index (κ2) is 3.93. The summed E-state index contributed by atoms with van der Waals surface area (Å²) in [5.74, 6) is -1.96. The van der Waals surface area contributed by atoms with Gasteiger partial charge in [-0.05, 0) is 30.7 Å². The summed E-state index contributed by atoms with van der Waals surface area (Å²) in [5.41, 5.74) is 2.30. The molecule has 0 atom stereocenters. The number of rotatable bonds is 3. The molecular formula is C12H11NO4. The molecule has 0 saturated carbocycles. The molecule has 0 fully saturated rings. The van der Waals surface area contributed by atoms with E-state index in [-0.39, 0.29) is 12.0 Å². The van der Waals surface area contributed by atoms with Crippen molar-refractivity contribution in [3.05, 3.63) is 35.0 Å². The molecule has 0 aliphatic rings. The summed E-state index contributed by atoms with van der Waals surface area (Å²) in [6, 6.07) is 4.64. The average molecular weight is 233 g/mol. The first-order valence-corrected chi connectivity index (χ1v) is 5.05.